The Morgan fingerprint density at radius 2 is 2.03 bits per heavy atom. The van der Waals surface area contributed by atoms with Crippen molar-refractivity contribution >= 4 is 21.6 Å². The molecule has 10 heteroatoms. The minimum absolute atomic E-state index is 0.0683. The molecule has 4 N–H and O–H groups in total. The zero-order valence-corrected chi connectivity index (χ0v) is 19.4. The number of nitrogens with zero attached hydrogens (tertiary/aromatic N) is 1. The standard InChI is InChI=1S/C23H32N2O7S/c1-33(30,31)25-23(28)12-8-3-2-7-11-20-19(21(24-29)15-22(20)27)14-13-17(26)16-32-18-9-5-4-6-10-18/h2,4-7,9-10,13-14,17,19-20,22,26-27,29H,3,8,11-12,15-16H2,1H3,(H,25,28)/b7-2-,14-13+,24-21-/t17?,19-,20-,22+/m1/s1. The SMILES string of the molecule is CS(=O)(=O)NC(=O)CCC/C=C\C[C@H]1[C@@H](O)C/C(=N/O)[C@@H]1/C=C/C(O)COc1ccccc1. The van der Waals surface area contributed by atoms with Gasteiger partial charge >= 0.3 is 0 Å². The van der Waals surface area contributed by atoms with Gasteiger partial charge in [0.05, 0.1) is 18.1 Å². The number of rotatable bonds is 12. The summed E-state index contributed by atoms with van der Waals surface area (Å²) in [6.07, 6.45) is 8.38. The van der Waals surface area contributed by atoms with E-state index in [0.29, 0.717) is 30.7 Å². The number of carbonyl (C=O) groups is 1. The number of oxime groups is 1. The number of carbonyl (C=O) groups excluding carboxylic acids is 1. The van der Waals surface area contributed by atoms with Crippen molar-refractivity contribution in [3.8, 4) is 5.75 Å². The molecule has 0 aromatic heterocycles. The van der Waals surface area contributed by atoms with E-state index in [1.165, 1.54) is 0 Å². The summed E-state index contributed by atoms with van der Waals surface area (Å²) in [6.45, 7) is 0.0683. The van der Waals surface area contributed by atoms with Gasteiger partial charge in [-0.15, -0.1) is 0 Å². The summed E-state index contributed by atoms with van der Waals surface area (Å²) >= 11 is 0. The lowest BCUT2D eigenvalue weighted by Crippen LogP contribution is -2.28. The molecule has 0 bridgehead atoms. The first-order valence-corrected chi connectivity index (χ1v) is 12.7. The van der Waals surface area contributed by atoms with Crippen molar-refractivity contribution in [1.82, 2.24) is 4.72 Å². The second-order valence-corrected chi connectivity index (χ2v) is 9.77. The van der Waals surface area contributed by atoms with Gasteiger partial charge in [-0.3, -0.25) is 9.52 Å². The van der Waals surface area contributed by atoms with Crippen LogP contribution in [0.1, 0.15) is 32.1 Å². The smallest absolute Gasteiger partial charge is 0.233 e. The van der Waals surface area contributed by atoms with Gasteiger partial charge in [-0.25, -0.2) is 8.42 Å². The predicted molar refractivity (Wildman–Crippen MR) is 125 cm³/mol. The molecule has 4 atom stereocenters. The van der Waals surface area contributed by atoms with Gasteiger partial charge in [0.2, 0.25) is 15.9 Å². The number of aliphatic hydroxyl groups is 2. The third kappa shape index (κ3) is 9.77. The molecule has 2 rings (SSSR count). The predicted octanol–water partition coefficient (Wildman–Crippen LogP) is 2.00. The molecule has 33 heavy (non-hydrogen) atoms. The van der Waals surface area contributed by atoms with Crippen LogP contribution in [0.15, 0.2) is 59.8 Å². The molecule has 1 aromatic carbocycles. The maximum absolute atomic E-state index is 11.5. The van der Waals surface area contributed by atoms with Crippen LogP contribution in [-0.4, -0.2) is 60.5 Å². The quantitative estimate of drug-likeness (QED) is 0.155. The number of nitrogens with one attached hydrogen (secondary N) is 1. The largest absolute Gasteiger partial charge is 0.491 e. The number of hydrogen-bond donors (Lipinski definition) is 4. The Morgan fingerprint density at radius 3 is 2.70 bits per heavy atom. The normalized spacial score (nSPS) is 23.4. The van der Waals surface area contributed by atoms with Crippen LogP contribution >= 0.6 is 0 Å². The number of sulfonamides is 1. The Balaban J connectivity index is 1.84. The van der Waals surface area contributed by atoms with Crippen molar-refractivity contribution in [3.63, 3.8) is 0 Å². The summed E-state index contributed by atoms with van der Waals surface area (Å²) in [5.74, 6) is -0.447. The lowest BCUT2D eigenvalue weighted by Gasteiger charge is -2.18. The van der Waals surface area contributed by atoms with Crippen molar-refractivity contribution in [2.75, 3.05) is 12.9 Å². The van der Waals surface area contributed by atoms with Crippen molar-refractivity contribution in [2.45, 2.75) is 44.3 Å². The summed E-state index contributed by atoms with van der Waals surface area (Å²) in [4.78, 5) is 11.5. The molecule has 1 aliphatic carbocycles. The van der Waals surface area contributed by atoms with Gasteiger partial charge in [0, 0.05) is 24.7 Å². The van der Waals surface area contributed by atoms with Crippen molar-refractivity contribution in [2.24, 2.45) is 17.0 Å². The Bertz CT molecular complexity index is 945. The van der Waals surface area contributed by atoms with Gasteiger partial charge in [0.15, 0.2) is 0 Å². The fourth-order valence-corrected chi connectivity index (χ4v) is 4.18. The number of hydrogen-bond acceptors (Lipinski definition) is 8. The topological polar surface area (TPSA) is 146 Å². The first kappa shape index (κ1) is 26.6. The summed E-state index contributed by atoms with van der Waals surface area (Å²) in [5, 5.41) is 33.3. The highest BCUT2D eigenvalue weighted by Crippen LogP contribution is 2.34. The van der Waals surface area contributed by atoms with Gasteiger partial charge < -0.3 is 20.2 Å². The first-order chi connectivity index (χ1) is 15.7. The second kappa shape index (κ2) is 13.1. The van der Waals surface area contributed by atoms with Crippen LogP contribution in [0.25, 0.3) is 0 Å². The molecule has 182 valence electrons. The molecule has 0 spiro atoms. The molecule has 0 heterocycles. The number of ether oxygens (including phenoxy) is 1. The number of amides is 1. The van der Waals surface area contributed by atoms with E-state index in [0.717, 1.165) is 6.26 Å². The highest BCUT2D eigenvalue weighted by molar-refractivity contribution is 7.89. The zero-order chi connectivity index (χ0) is 24.3. The van der Waals surface area contributed by atoms with Crippen LogP contribution in [0.4, 0.5) is 0 Å². The summed E-state index contributed by atoms with van der Waals surface area (Å²) in [5.41, 5.74) is 0.450. The average Bonchev–Trinajstić information content (AvgIpc) is 3.07. The first-order valence-electron chi connectivity index (χ1n) is 10.8. The molecule has 1 saturated carbocycles. The summed E-state index contributed by atoms with van der Waals surface area (Å²) in [6, 6.07) is 9.13. The van der Waals surface area contributed by atoms with Crippen LogP contribution in [0.2, 0.25) is 0 Å². The number of para-hydroxylation sites is 1. The lowest BCUT2D eigenvalue weighted by molar-refractivity contribution is -0.119. The summed E-state index contributed by atoms with van der Waals surface area (Å²) in [7, 11) is -3.54. The Morgan fingerprint density at radius 1 is 1.30 bits per heavy atom. The Kier molecular flexibility index (Phi) is 10.6. The van der Waals surface area contributed by atoms with Crippen molar-refractivity contribution < 1.29 is 33.4 Å². The summed E-state index contributed by atoms with van der Waals surface area (Å²) < 4.78 is 29.5. The Labute approximate surface area is 194 Å². The van der Waals surface area contributed by atoms with Gasteiger partial charge in [0.1, 0.15) is 18.5 Å². The van der Waals surface area contributed by atoms with Crippen molar-refractivity contribution in [3.05, 3.63) is 54.6 Å². The van der Waals surface area contributed by atoms with E-state index in [1.807, 2.05) is 35.1 Å². The molecule has 0 radical (unpaired) electrons. The van der Waals surface area contributed by atoms with Gasteiger partial charge in [0.25, 0.3) is 0 Å². The molecular formula is C23H32N2O7S. The maximum atomic E-state index is 11.5. The number of allylic oxidation sites excluding steroid dienone is 3. The van der Waals surface area contributed by atoms with E-state index < -0.39 is 28.1 Å². The van der Waals surface area contributed by atoms with E-state index in [-0.39, 0.29) is 31.3 Å². The minimum Gasteiger partial charge on any atom is -0.491 e. The van der Waals surface area contributed by atoms with Gasteiger partial charge in [-0.1, -0.05) is 47.7 Å². The number of aliphatic hydroxyl groups excluding tert-OH is 2. The van der Waals surface area contributed by atoms with E-state index in [1.54, 1.807) is 24.3 Å². The van der Waals surface area contributed by atoms with Gasteiger partial charge in [-0.05, 0) is 31.4 Å². The monoisotopic (exact) mass is 480 g/mol. The van der Waals surface area contributed by atoms with Crippen LogP contribution < -0.4 is 9.46 Å². The Hall–Kier alpha value is -2.69. The van der Waals surface area contributed by atoms with Crippen LogP contribution in [0.5, 0.6) is 5.75 Å². The van der Waals surface area contributed by atoms with E-state index >= 15 is 0 Å². The molecule has 1 aromatic rings. The molecule has 0 aliphatic heterocycles. The van der Waals surface area contributed by atoms with Crippen LogP contribution in [-0.2, 0) is 14.8 Å². The molecule has 9 nitrogen and oxygen atoms in total. The molecule has 1 aliphatic rings. The molecule has 1 unspecified atom stereocenters. The fourth-order valence-electron chi connectivity index (χ4n) is 3.66. The third-order valence-corrected chi connectivity index (χ3v) is 5.84. The van der Waals surface area contributed by atoms with E-state index in [9.17, 15) is 28.6 Å². The van der Waals surface area contributed by atoms with E-state index in [2.05, 4.69) is 5.16 Å². The highest BCUT2D eigenvalue weighted by atomic mass is 32.2. The molecular weight excluding hydrogens is 448 g/mol. The highest BCUT2D eigenvalue weighted by Gasteiger charge is 2.38. The second-order valence-electron chi connectivity index (χ2n) is 8.03. The average molecular weight is 481 g/mol. The van der Waals surface area contributed by atoms with Crippen molar-refractivity contribution in [1.29, 1.82) is 0 Å². The molecule has 1 amide bonds. The van der Waals surface area contributed by atoms with Crippen LogP contribution in [0.3, 0.4) is 0 Å². The van der Waals surface area contributed by atoms with E-state index in [4.69, 9.17) is 4.74 Å². The number of benzene rings is 1. The lowest BCUT2D eigenvalue weighted by atomic mass is 9.90. The zero-order valence-electron chi connectivity index (χ0n) is 18.6. The third-order valence-electron chi connectivity index (χ3n) is 5.24. The fraction of sp³-hybridized carbons (Fsp3) is 0.478. The molecule has 0 saturated heterocycles. The maximum Gasteiger partial charge on any atom is 0.233 e. The minimum atomic E-state index is -3.54. The van der Waals surface area contributed by atoms with Gasteiger partial charge in [-0.2, -0.15) is 0 Å². The molecule has 1 fully saturated rings. The number of unbranched alkanes of at least 4 members (excludes halogenated alkanes) is 1. The van der Waals surface area contributed by atoms with Crippen LogP contribution in [0, 0.1) is 11.8 Å².